The van der Waals surface area contributed by atoms with E-state index in [9.17, 15) is 0 Å². The van der Waals surface area contributed by atoms with Crippen molar-refractivity contribution < 1.29 is 0 Å². The van der Waals surface area contributed by atoms with Crippen LogP contribution in [0, 0.1) is 0 Å². The van der Waals surface area contributed by atoms with E-state index in [2.05, 4.69) is 4.98 Å². The summed E-state index contributed by atoms with van der Waals surface area (Å²) in [6, 6.07) is 9.99. The molecule has 0 aliphatic rings. The zero-order chi connectivity index (χ0) is 9.26. The van der Waals surface area contributed by atoms with Gasteiger partial charge in [0.1, 0.15) is 11.6 Å². The number of anilines is 1. The zero-order valence-corrected chi connectivity index (χ0v) is 7.44. The minimum absolute atomic E-state index is 0.557. The molecule has 0 spiro atoms. The molecule has 0 aliphatic carbocycles. The predicted molar refractivity (Wildman–Crippen MR) is 53.1 cm³/mol. The number of imidazole rings is 1. The van der Waals surface area contributed by atoms with E-state index in [0.717, 1.165) is 11.4 Å². The maximum Gasteiger partial charge on any atom is 0.142 e. The third kappa shape index (κ3) is 1.40. The summed E-state index contributed by atoms with van der Waals surface area (Å²) < 4.78 is 1.92. The molecule has 0 saturated carbocycles. The van der Waals surface area contributed by atoms with Gasteiger partial charge >= 0.3 is 0 Å². The number of aromatic nitrogens is 2. The molecule has 0 unspecified atom stereocenters. The number of rotatable bonds is 1. The fraction of sp³-hybridized carbons (Fsp3) is 0.100. The summed E-state index contributed by atoms with van der Waals surface area (Å²) >= 11 is 0. The van der Waals surface area contributed by atoms with Crippen molar-refractivity contribution in [2.75, 3.05) is 5.73 Å². The third-order valence-electron chi connectivity index (χ3n) is 1.93. The van der Waals surface area contributed by atoms with Crippen LogP contribution in [0.1, 0.15) is 0 Å². The number of nitrogens with zero attached hydrogens (tertiary/aromatic N) is 2. The van der Waals surface area contributed by atoms with E-state index in [1.54, 1.807) is 0 Å². The maximum absolute atomic E-state index is 5.58. The molecule has 0 radical (unpaired) electrons. The Morgan fingerprint density at radius 2 is 1.92 bits per heavy atom. The molecule has 0 fully saturated rings. The summed E-state index contributed by atoms with van der Waals surface area (Å²) in [7, 11) is 1.94. The van der Waals surface area contributed by atoms with Gasteiger partial charge in [-0.05, 0) is 0 Å². The van der Waals surface area contributed by atoms with Crippen LogP contribution in [-0.4, -0.2) is 9.55 Å². The first-order valence-electron chi connectivity index (χ1n) is 4.11. The van der Waals surface area contributed by atoms with Gasteiger partial charge in [0.2, 0.25) is 0 Å². The Hall–Kier alpha value is -1.77. The largest absolute Gasteiger partial charge is 0.382 e. The highest BCUT2D eigenvalue weighted by Crippen LogP contribution is 2.17. The van der Waals surface area contributed by atoms with E-state index in [-0.39, 0.29) is 0 Å². The van der Waals surface area contributed by atoms with Crippen LogP contribution in [0.4, 0.5) is 5.82 Å². The molecule has 0 aliphatic heterocycles. The summed E-state index contributed by atoms with van der Waals surface area (Å²) in [5.41, 5.74) is 6.67. The van der Waals surface area contributed by atoms with Gasteiger partial charge in [0.15, 0.2) is 0 Å². The highest BCUT2D eigenvalue weighted by molar-refractivity contribution is 5.57. The second-order valence-corrected chi connectivity index (χ2v) is 2.97. The summed E-state index contributed by atoms with van der Waals surface area (Å²) in [6.45, 7) is 0. The van der Waals surface area contributed by atoms with Crippen LogP contribution in [0.5, 0.6) is 0 Å². The van der Waals surface area contributed by atoms with Crippen molar-refractivity contribution in [3.8, 4) is 11.4 Å². The van der Waals surface area contributed by atoms with E-state index in [1.165, 1.54) is 0 Å². The number of hydrogen-bond donors (Lipinski definition) is 1. The van der Waals surface area contributed by atoms with Gasteiger partial charge in [0, 0.05) is 18.8 Å². The molecule has 3 heteroatoms. The molecule has 0 saturated heterocycles. The lowest BCUT2D eigenvalue weighted by Crippen LogP contribution is -1.90. The van der Waals surface area contributed by atoms with E-state index in [4.69, 9.17) is 5.73 Å². The predicted octanol–water partition coefficient (Wildman–Crippen LogP) is 1.67. The van der Waals surface area contributed by atoms with Crippen molar-refractivity contribution >= 4 is 5.82 Å². The summed E-state index contributed by atoms with van der Waals surface area (Å²) in [6.07, 6.45) is 1.81. The van der Waals surface area contributed by atoms with Crippen LogP contribution < -0.4 is 5.73 Å². The fourth-order valence-corrected chi connectivity index (χ4v) is 1.34. The monoisotopic (exact) mass is 173 g/mol. The molecule has 2 rings (SSSR count). The van der Waals surface area contributed by atoms with Gasteiger partial charge in [-0.25, -0.2) is 4.98 Å². The van der Waals surface area contributed by atoms with Gasteiger partial charge in [-0.3, -0.25) is 0 Å². The van der Waals surface area contributed by atoms with Gasteiger partial charge in [-0.1, -0.05) is 30.3 Å². The van der Waals surface area contributed by atoms with Crippen LogP contribution in [0.3, 0.4) is 0 Å². The standard InChI is InChI=1S/C10H11N3/c1-13-7-9(11)12-10(13)8-5-3-2-4-6-8/h2-7H,11H2,1H3. The Bertz CT molecular complexity index is 403. The molecule has 2 N–H and O–H groups in total. The SMILES string of the molecule is Cn1cc(N)nc1-c1ccccc1. The number of benzene rings is 1. The van der Waals surface area contributed by atoms with Gasteiger partial charge < -0.3 is 10.3 Å². The van der Waals surface area contributed by atoms with Gasteiger partial charge in [-0.15, -0.1) is 0 Å². The fourth-order valence-electron chi connectivity index (χ4n) is 1.34. The summed E-state index contributed by atoms with van der Waals surface area (Å²) in [4.78, 5) is 4.22. The van der Waals surface area contributed by atoms with Crippen LogP contribution in [0.2, 0.25) is 0 Å². The highest BCUT2D eigenvalue weighted by Gasteiger charge is 2.03. The van der Waals surface area contributed by atoms with Gasteiger partial charge in [-0.2, -0.15) is 0 Å². The van der Waals surface area contributed by atoms with Crippen LogP contribution in [0.25, 0.3) is 11.4 Å². The minimum atomic E-state index is 0.557. The molecular weight excluding hydrogens is 162 g/mol. The lowest BCUT2D eigenvalue weighted by Gasteiger charge is -1.99. The third-order valence-corrected chi connectivity index (χ3v) is 1.93. The second kappa shape index (κ2) is 2.94. The van der Waals surface area contributed by atoms with Gasteiger partial charge in [0.25, 0.3) is 0 Å². The number of nitrogens with two attached hydrogens (primary N) is 1. The Labute approximate surface area is 76.8 Å². The van der Waals surface area contributed by atoms with Crippen molar-refractivity contribution in [2.45, 2.75) is 0 Å². The van der Waals surface area contributed by atoms with Crippen LogP contribution in [-0.2, 0) is 7.05 Å². The molecular formula is C10H11N3. The Balaban J connectivity index is 2.53. The number of aryl methyl sites for hydroxylation is 1. The van der Waals surface area contributed by atoms with Gasteiger partial charge in [0.05, 0.1) is 0 Å². The molecule has 66 valence electrons. The first-order chi connectivity index (χ1) is 6.27. The second-order valence-electron chi connectivity index (χ2n) is 2.97. The molecule has 0 atom stereocenters. The lowest BCUT2D eigenvalue weighted by atomic mass is 10.2. The average Bonchev–Trinajstić information content (AvgIpc) is 2.47. The quantitative estimate of drug-likeness (QED) is 0.712. The molecule has 1 aromatic carbocycles. The summed E-state index contributed by atoms with van der Waals surface area (Å²) in [5, 5.41) is 0. The molecule has 0 amide bonds. The normalized spacial score (nSPS) is 10.2. The van der Waals surface area contributed by atoms with Crippen molar-refractivity contribution in [3.63, 3.8) is 0 Å². The minimum Gasteiger partial charge on any atom is -0.382 e. The first kappa shape index (κ1) is 7.86. The van der Waals surface area contributed by atoms with Crippen molar-refractivity contribution in [3.05, 3.63) is 36.5 Å². The molecule has 1 aromatic heterocycles. The Morgan fingerprint density at radius 3 is 2.46 bits per heavy atom. The Kier molecular flexibility index (Phi) is 1.77. The lowest BCUT2D eigenvalue weighted by molar-refractivity contribution is 0.925. The molecule has 1 heterocycles. The highest BCUT2D eigenvalue weighted by atomic mass is 15.1. The average molecular weight is 173 g/mol. The van der Waals surface area contributed by atoms with E-state index < -0.39 is 0 Å². The first-order valence-corrected chi connectivity index (χ1v) is 4.11. The maximum atomic E-state index is 5.58. The zero-order valence-electron chi connectivity index (χ0n) is 7.44. The topological polar surface area (TPSA) is 43.8 Å². The van der Waals surface area contributed by atoms with Crippen LogP contribution in [0.15, 0.2) is 36.5 Å². The Morgan fingerprint density at radius 1 is 1.23 bits per heavy atom. The van der Waals surface area contributed by atoms with E-state index >= 15 is 0 Å². The van der Waals surface area contributed by atoms with E-state index in [1.807, 2.05) is 48.1 Å². The van der Waals surface area contributed by atoms with Crippen molar-refractivity contribution in [2.24, 2.45) is 7.05 Å². The number of nitrogen functional groups attached to an aromatic ring is 1. The molecule has 13 heavy (non-hydrogen) atoms. The van der Waals surface area contributed by atoms with Crippen molar-refractivity contribution in [1.29, 1.82) is 0 Å². The van der Waals surface area contributed by atoms with Crippen molar-refractivity contribution in [1.82, 2.24) is 9.55 Å². The molecule has 3 nitrogen and oxygen atoms in total. The van der Waals surface area contributed by atoms with E-state index in [0.29, 0.717) is 5.82 Å². The molecule has 2 aromatic rings. The van der Waals surface area contributed by atoms with Crippen LogP contribution >= 0.6 is 0 Å². The number of hydrogen-bond acceptors (Lipinski definition) is 2. The summed E-state index contributed by atoms with van der Waals surface area (Å²) in [5.74, 6) is 1.46. The smallest absolute Gasteiger partial charge is 0.142 e. The molecule has 0 bridgehead atoms.